The molecule has 0 radical (unpaired) electrons. The molecule has 0 aliphatic carbocycles. The zero-order chi connectivity index (χ0) is 5.82. The average Bonchev–Trinajstić information content (AvgIpc) is 2.19. The highest BCUT2D eigenvalue weighted by Gasteiger charge is 2.00. The first-order chi connectivity index (χ1) is 3.93. The van der Waals surface area contributed by atoms with Gasteiger partial charge in [0.2, 0.25) is 0 Å². The summed E-state index contributed by atoms with van der Waals surface area (Å²) in [7, 11) is 0. The monoisotopic (exact) mass is 223 g/mol. The van der Waals surface area contributed by atoms with Crippen LogP contribution >= 0.6 is 22.6 Å². The van der Waals surface area contributed by atoms with Crippen molar-refractivity contribution in [3.05, 3.63) is 12.3 Å². The Bertz CT molecular complexity index is 90.5. The van der Waals surface area contributed by atoms with Gasteiger partial charge in [0, 0.05) is 17.5 Å². The normalized spacial score (nSPS) is 17.9. The third kappa shape index (κ3) is 1.65. The summed E-state index contributed by atoms with van der Waals surface area (Å²) in [6, 6.07) is 0. The predicted octanol–water partition coefficient (Wildman–Crippen LogP) is 1.64. The fraction of sp³-hybridized carbons (Fsp3) is 0.667. The minimum Gasteiger partial charge on any atom is -0.377 e. The van der Waals surface area contributed by atoms with Crippen LogP contribution in [0.5, 0.6) is 0 Å². The second kappa shape index (κ2) is 3.33. The SMILES string of the molecule is ICCN1C=CCC1. The van der Waals surface area contributed by atoms with E-state index in [0.717, 1.165) is 0 Å². The van der Waals surface area contributed by atoms with Crippen LogP contribution in [0.2, 0.25) is 0 Å². The van der Waals surface area contributed by atoms with Gasteiger partial charge in [-0.05, 0) is 12.6 Å². The molecule has 0 unspecified atom stereocenters. The zero-order valence-electron chi connectivity index (χ0n) is 4.81. The van der Waals surface area contributed by atoms with E-state index < -0.39 is 0 Å². The molecule has 1 aliphatic heterocycles. The molecular formula is C6H10IN. The summed E-state index contributed by atoms with van der Waals surface area (Å²) in [6.45, 7) is 2.46. The van der Waals surface area contributed by atoms with Crippen molar-refractivity contribution in [2.24, 2.45) is 0 Å². The molecule has 1 nitrogen and oxygen atoms in total. The Morgan fingerprint density at radius 2 is 2.50 bits per heavy atom. The summed E-state index contributed by atoms with van der Waals surface area (Å²) in [5, 5.41) is 0. The smallest absolute Gasteiger partial charge is 0.0262 e. The zero-order valence-corrected chi connectivity index (χ0v) is 6.97. The summed E-state index contributed by atoms with van der Waals surface area (Å²) in [4.78, 5) is 2.35. The first-order valence-electron chi connectivity index (χ1n) is 2.90. The number of rotatable bonds is 2. The Balaban J connectivity index is 2.16. The number of halogens is 1. The largest absolute Gasteiger partial charge is 0.377 e. The van der Waals surface area contributed by atoms with E-state index in [4.69, 9.17) is 0 Å². The fourth-order valence-corrected chi connectivity index (χ4v) is 1.45. The van der Waals surface area contributed by atoms with E-state index in [1.54, 1.807) is 0 Å². The van der Waals surface area contributed by atoms with E-state index in [1.807, 2.05) is 0 Å². The van der Waals surface area contributed by atoms with Crippen molar-refractivity contribution in [1.82, 2.24) is 4.90 Å². The van der Waals surface area contributed by atoms with E-state index in [2.05, 4.69) is 39.8 Å². The maximum atomic E-state index is 2.40. The van der Waals surface area contributed by atoms with Crippen molar-refractivity contribution in [2.75, 3.05) is 17.5 Å². The maximum Gasteiger partial charge on any atom is 0.0262 e. The highest BCUT2D eigenvalue weighted by molar-refractivity contribution is 14.1. The highest BCUT2D eigenvalue weighted by atomic mass is 127. The number of alkyl halides is 1. The molecule has 0 spiro atoms. The highest BCUT2D eigenvalue weighted by Crippen LogP contribution is 2.03. The maximum absolute atomic E-state index is 2.40. The van der Waals surface area contributed by atoms with E-state index in [-0.39, 0.29) is 0 Å². The van der Waals surface area contributed by atoms with Crippen LogP contribution in [0.1, 0.15) is 6.42 Å². The molecule has 0 amide bonds. The molecule has 0 saturated carbocycles. The fourth-order valence-electron chi connectivity index (χ4n) is 0.833. The van der Waals surface area contributed by atoms with Gasteiger partial charge in [0.1, 0.15) is 0 Å². The van der Waals surface area contributed by atoms with Crippen molar-refractivity contribution in [3.63, 3.8) is 0 Å². The molecule has 1 heterocycles. The van der Waals surface area contributed by atoms with Crippen molar-refractivity contribution in [2.45, 2.75) is 6.42 Å². The van der Waals surface area contributed by atoms with Gasteiger partial charge in [0.05, 0.1) is 0 Å². The van der Waals surface area contributed by atoms with Gasteiger partial charge in [-0.25, -0.2) is 0 Å². The van der Waals surface area contributed by atoms with Crippen LogP contribution in [-0.2, 0) is 0 Å². The van der Waals surface area contributed by atoms with Gasteiger partial charge < -0.3 is 4.90 Å². The summed E-state index contributed by atoms with van der Waals surface area (Å²) >= 11 is 2.40. The van der Waals surface area contributed by atoms with Gasteiger partial charge in [-0.1, -0.05) is 28.7 Å². The van der Waals surface area contributed by atoms with Crippen molar-refractivity contribution >= 4 is 22.6 Å². The standard InChI is InChI=1S/C6H10IN/c7-3-6-8-4-1-2-5-8/h1,4H,2-3,5-6H2. The topological polar surface area (TPSA) is 3.24 Å². The van der Waals surface area contributed by atoms with Crippen molar-refractivity contribution in [1.29, 1.82) is 0 Å². The Labute approximate surface area is 63.9 Å². The molecular weight excluding hydrogens is 213 g/mol. The Morgan fingerprint density at radius 1 is 1.62 bits per heavy atom. The number of hydrogen-bond donors (Lipinski definition) is 0. The van der Waals surface area contributed by atoms with Crippen molar-refractivity contribution in [3.8, 4) is 0 Å². The lowest BCUT2D eigenvalue weighted by molar-refractivity contribution is 0.436. The number of hydrogen-bond acceptors (Lipinski definition) is 1. The molecule has 2 heteroatoms. The third-order valence-electron chi connectivity index (χ3n) is 1.27. The summed E-state index contributed by atoms with van der Waals surface area (Å²) in [5.74, 6) is 0. The average molecular weight is 223 g/mol. The quantitative estimate of drug-likeness (QED) is 0.508. The van der Waals surface area contributed by atoms with Gasteiger partial charge in [0.15, 0.2) is 0 Å². The van der Waals surface area contributed by atoms with Crippen molar-refractivity contribution < 1.29 is 0 Å². The Hall–Kier alpha value is 0.270. The molecule has 1 rings (SSSR count). The van der Waals surface area contributed by atoms with Crippen LogP contribution in [-0.4, -0.2) is 22.4 Å². The molecule has 0 saturated heterocycles. The van der Waals surface area contributed by atoms with Crippen LogP contribution in [0.15, 0.2) is 12.3 Å². The Morgan fingerprint density at radius 3 is 3.00 bits per heavy atom. The Kier molecular flexibility index (Phi) is 2.66. The second-order valence-corrected chi connectivity index (χ2v) is 2.98. The molecule has 0 aromatic rings. The van der Waals surface area contributed by atoms with E-state index in [9.17, 15) is 0 Å². The lowest BCUT2D eigenvalue weighted by atomic mass is 10.5. The molecule has 8 heavy (non-hydrogen) atoms. The minimum absolute atomic E-state index is 1.22. The lowest BCUT2D eigenvalue weighted by Crippen LogP contribution is -2.16. The van der Waals surface area contributed by atoms with Crippen LogP contribution < -0.4 is 0 Å². The summed E-state index contributed by atoms with van der Waals surface area (Å²) in [5.41, 5.74) is 0. The first kappa shape index (κ1) is 6.39. The first-order valence-corrected chi connectivity index (χ1v) is 4.43. The molecule has 0 atom stereocenters. The van der Waals surface area contributed by atoms with E-state index in [1.165, 1.54) is 23.9 Å². The van der Waals surface area contributed by atoms with E-state index >= 15 is 0 Å². The summed E-state index contributed by atoms with van der Waals surface area (Å²) < 4.78 is 1.24. The predicted molar refractivity (Wildman–Crippen MR) is 44.2 cm³/mol. The second-order valence-electron chi connectivity index (χ2n) is 1.90. The molecule has 0 aromatic carbocycles. The molecule has 0 fully saturated rings. The molecule has 1 aliphatic rings. The third-order valence-corrected chi connectivity index (χ3v) is 1.75. The summed E-state index contributed by atoms with van der Waals surface area (Å²) in [6.07, 6.45) is 5.67. The van der Waals surface area contributed by atoms with Crippen LogP contribution in [0.25, 0.3) is 0 Å². The minimum atomic E-state index is 1.22. The number of nitrogens with zero attached hydrogens (tertiary/aromatic N) is 1. The molecule has 46 valence electrons. The van der Waals surface area contributed by atoms with Crippen LogP contribution in [0.3, 0.4) is 0 Å². The van der Waals surface area contributed by atoms with Crippen LogP contribution in [0.4, 0.5) is 0 Å². The molecule has 0 bridgehead atoms. The van der Waals surface area contributed by atoms with Gasteiger partial charge in [-0.15, -0.1) is 0 Å². The van der Waals surface area contributed by atoms with Gasteiger partial charge >= 0.3 is 0 Å². The van der Waals surface area contributed by atoms with Gasteiger partial charge in [0.25, 0.3) is 0 Å². The van der Waals surface area contributed by atoms with Gasteiger partial charge in [-0.2, -0.15) is 0 Å². The molecule has 0 aromatic heterocycles. The van der Waals surface area contributed by atoms with Crippen LogP contribution in [0, 0.1) is 0 Å². The molecule has 0 N–H and O–H groups in total. The van der Waals surface area contributed by atoms with E-state index in [0.29, 0.717) is 0 Å². The van der Waals surface area contributed by atoms with Gasteiger partial charge in [-0.3, -0.25) is 0 Å². The lowest BCUT2D eigenvalue weighted by Gasteiger charge is -2.11.